The summed E-state index contributed by atoms with van der Waals surface area (Å²) in [6.07, 6.45) is 0. The SMILES string of the molecule is CC(C)C(C)(O)COc1ccccc1N. The van der Waals surface area contributed by atoms with E-state index in [1.165, 1.54) is 0 Å². The summed E-state index contributed by atoms with van der Waals surface area (Å²) in [7, 11) is 0. The average Bonchev–Trinajstić information content (AvgIpc) is 2.16. The van der Waals surface area contributed by atoms with Crippen molar-refractivity contribution in [3.05, 3.63) is 24.3 Å². The lowest BCUT2D eigenvalue weighted by molar-refractivity contribution is -0.0264. The zero-order valence-electron chi connectivity index (χ0n) is 9.53. The fraction of sp³-hybridized carbons (Fsp3) is 0.500. The molecule has 0 saturated carbocycles. The second-order valence-electron chi connectivity index (χ2n) is 4.34. The smallest absolute Gasteiger partial charge is 0.142 e. The maximum Gasteiger partial charge on any atom is 0.142 e. The lowest BCUT2D eigenvalue weighted by Gasteiger charge is -2.27. The molecule has 0 spiro atoms. The number of hydrogen-bond donors (Lipinski definition) is 2. The highest BCUT2D eigenvalue weighted by Gasteiger charge is 2.25. The standard InChI is InChI=1S/C12H19NO2/c1-9(2)12(3,14)8-15-11-7-5-4-6-10(11)13/h4-7,9,14H,8,13H2,1-3H3. The van der Waals surface area contributed by atoms with E-state index < -0.39 is 5.60 Å². The Kier molecular flexibility index (Phi) is 3.58. The number of aliphatic hydroxyl groups is 1. The molecule has 1 rings (SSSR count). The quantitative estimate of drug-likeness (QED) is 0.746. The minimum absolute atomic E-state index is 0.141. The molecule has 15 heavy (non-hydrogen) atoms. The number of benzene rings is 1. The fourth-order valence-electron chi connectivity index (χ4n) is 1.00. The lowest BCUT2D eigenvalue weighted by Crippen LogP contribution is -2.37. The Morgan fingerprint density at radius 3 is 2.53 bits per heavy atom. The highest BCUT2D eigenvalue weighted by Crippen LogP contribution is 2.23. The van der Waals surface area contributed by atoms with Gasteiger partial charge in [-0.05, 0) is 25.0 Å². The molecule has 1 aromatic rings. The van der Waals surface area contributed by atoms with Gasteiger partial charge in [0.25, 0.3) is 0 Å². The van der Waals surface area contributed by atoms with Gasteiger partial charge in [0.2, 0.25) is 0 Å². The van der Waals surface area contributed by atoms with E-state index in [1.807, 2.05) is 26.0 Å². The van der Waals surface area contributed by atoms with Crippen molar-refractivity contribution in [1.82, 2.24) is 0 Å². The fourth-order valence-corrected chi connectivity index (χ4v) is 1.00. The molecule has 0 fully saturated rings. The molecule has 0 radical (unpaired) electrons. The minimum atomic E-state index is -0.831. The first kappa shape index (κ1) is 11.9. The predicted molar refractivity (Wildman–Crippen MR) is 61.8 cm³/mol. The number of para-hydroxylation sites is 2. The number of nitrogens with two attached hydrogens (primary N) is 1. The maximum atomic E-state index is 9.98. The van der Waals surface area contributed by atoms with E-state index in [-0.39, 0.29) is 12.5 Å². The van der Waals surface area contributed by atoms with Gasteiger partial charge in [-0.2, -0.15) is 0 Å². The largest absolute Gasteiger partial charge is 0.488 e. The number of anilines is 1. The van der Waals surface area contributed by atoms with Gasteiger partial charge >= 0.3 is 0 Å². The van der Waals surface area contributed by atoms with Gasteiger partial charge < -0.3 is 15.6 Å². The lowest BCUT2D eigenvalue weighted by atomic mass is 9.94. The molecule has 0 aromatic heterocycles. The van der Waals surface area contributed by atoms with Crippen molar-refractivity contribution in [2.75, 3.05) is 12.3 Å². The van der Waals surface area contributed by atoms with E-state index in [4.69, 9.17) is 10.5 Å². The molecule has 0 aliphatic carbocycles. The van der Waals surface area contributed by atoms with Gasteiger partial charge in [-0.25, -0.2) is 0 Å². The van der Waals surface area contributed by atoms with Crippen molar-refractivity contribution in [3.63, 3.8) is 0 Å². The Bertz CT molecular complexity index is 321. The third-order valence-electron chi connectivity index (χ3n) is 2.68. The van der Waals surface area contributed by atoms with Crippen molar-refractivity contribution >= 4 is 5.69 Å². The molecule has 0 aliphatic rings. The molecule has 0 saturated heterocycles. The molecule has 84 valence electrons. The normalized spacial score (nSPS) is 15.0. The van der Waals surface area contributed by atoms with E-state index in [0.717, 1.165) is 0 Å². The molecule has 3 heteroatoms. The Morgan fingerprint density at radius 2 is 2.00 bits per heavy atom. The predicted octanol–water partition coefficient (Wildman–Crippen LogP) is 2.05. The van der Waals surface area contributed by atoms with Crippen molar-refractivity contribution in [1.29, 1.82) is 0 Å². The van der Waals surface area contributed by atoms with Crippen LogP contribution in [0.1, 0.15) is 20.8 Å². The van der Waals surface area contributed by atoms with Gasteiger partial charge in [-0.15, -0.1) is 0 Å². The van der Waals surface area contributed by atoms with Crippen LogP contribution >= 0.6 is 0 Å². The molecule has 0 amide bonds. The number of ether oxygens (including phenoxy) is 1. The van der Waals surface area contributed by atoms with Crippen LogP contribution in [-0.4, -0.2) is 17.3 Å². The van der Waals surface area contributed by atoms with Crippen LogP contribution in [0.2, 0.25) is 0 Å². The topological polar surface area (TPSA) is 55.5 Å². The van der Waals surface area contributed by atoms with Crippen molar-refractivity contribution in [3.8, 4) is 5.75 Å². The molecule has 0 bridgehead atoms. The van der Waals surface area contributed by atoms with Crippen molar-refractivity contribution < 1.29 is 9.84 Å². The summed E-state index contributed by atoms with van der Waals surface area (Å²) >= 11 is 0. The zero-order valence-corrected chi connectivity index (χ0v) is 9.53. The van der Waals surface area contributed by atoms with Crippen molar-refractivity contribution in [2.24, 2.45) is 5.92 Å². The highest BCUT2D eigenvalue weighted by molar-refractivity contribution is 5.51. The maximum absolute atomic E-state index is 9.98. The summed E-state index contributed by atoms with van der Waals surface area (Å²) in [5, 5.41) is 9.98. The first-order valence-electron chi connectivity index (χ1n) is 5.13. The van der Waals surface area contributed by atoms with E-state index >= 15 is 0 Å². The third kappa shape index (κ3) is 3.13. The van der Waals surface area contributed by atoms with Gasteiger partial charge in [-0.3, -0.25) is 0 Å². The highest BCUT2D eigenvalue weighted by atomic mass is 16.5. The Morgan fingerprint density at radius 1 is 1.40 bits per heavy atom. The second-order valence-corrected chi connectivity index (χ2v) is 4.34. The van der Waals surface area contributed by atoms with Gasteiger partial charge in [-0.1, -0.05) is 26.0 Å². The van der Waals surface area contributed by atoms with Gasteiger partial charge in [0.05, 0.1) is 11.3 Å². The third-order valence-corrected chi connectivity index (χ3v) is 2.68. The van der Waals surface area contributed by atoms with Crippen LogP contribution in [0, 0.1) is 5.92 Å². The van der Waals surface area contributed by atoms with Crippen LogP contribution in [0.25, 0.3) is 0 Å². The number of hydrogen-bond acceptors (Lipinski definition) is 3. The van der Waals surface area contributed by atoms with Crippen LogP contribution in [0.3, 0.4) is 0 Å². The molecule has 0 aliphatic heterocycles. The summed E-state index contributed by atoms with van der Waals surface area (Å²) in [5.41, 5.74) is 5.48. The zero-order chi connectivity index (χ0) is 11.5. The molecule has 1 atom stereocenters. The molecule has 1 aromatic carbocycles. The monoisotopic (exact) mass is 209 g/mol. The summed E-state index contributed by atoms with van der Waals surface area (Å²) in [5.74, 6) is 0.765. The average molecular weight is 209 g/mol. The molecular weight excluding hydrogens is 190 g/mol. The minimum Gasteiger partial charge on any atom is -0.488 e. The number of nitrogen functional groups attached to an aromatic ring is 1. The molecular formula is C12H19NO2. The second kappa shape index (κ2) is 4.53. The summed E-state index contributed by atoms with van der Waals surface area (Å²) in [4.78, 5) is 0. The van der Waals surface area contributed by atoms with Crippen LogP contribution in [0.4, 0.5) is 5.69 Å². The summed E-state index contributed by atoms with van der Waals surface area (Å²) in [6.45, 7) is 5.92. The van der Waals surface area contributed by atoms with Crippen LogP contribution in [-0.2, 0) is 0 Å². The van der Waals surface area contributed by atoms with Gasteiger partial charge in [0.15, 0.2) is 0 Å². The van der Waals surface area contributed by atoms with E-state index in [2.05, 4.69) is 0 Å². The number of rotatable bonds is 4. The van der Waals surface area contributed by atoms with E-state index in [9.17, 15) is 5.11 Å². The first-order valence-corrected chi connectivity index (χ1v) is 5.13. The first-order chi connectivity index (χ1) is 6.93. The van der Waals surface area contributed by atoms with Gasteiger partial charge in [0, 0.05) is 0 Å². The molecule has 1 unspecified atom stereocenters. The molecule has 0 heterocycles. The van der Waals surface area contributed by atoms with Crippen LogP contribution < -0.4 is 10.5 Å². The van der Waals surface area contributed by atoms with Crippen LogP contribution in [0.15, 0.2) is 24.3 Å². The van der Waals surface area contributed by atoms with E-state index in [1.54, 1.807) is 19.1 Å². The molecule has 3 nitrogen and oxygen atoms in total. The van der Waals surface area contributed by atoms with Crippen molar-refractivity contribution in [2.45, 2.75) is 26.4 Å². The van der Waals surface area contributed by atoms with Crippen LogP contribution in [0.5, 0.6) is 5.75 Å². The summed E-state index contributed by atoms with van der Waals surface area (Å²) < 4.78 is 5.49. The Hall–Kier alpha value is -1.22. The van der Waals surface area contributed by atoms with Gasteiger partial charge in [0.1, 0.15) is 12.4 Å². The summed E-state index contributed by atoms with van der Waals surface area (Å²) in [6, 6.07) is 7.28. The molecule has 3 N–H and O–H groups in total. The Balaban J connectivity index is 2.62. The van der Waals surface area contributed by atoms with E-state index in [0.29, 0.717) is 11.4 Å². The Labute approximate surface area is 90.9 Å².